The average Bonchev–Trinajstić information content (AvgIpc) is 2.39. The van der Waals surface area contributed by atoms with Crippen LogP contribution >= 0.6 is 0 Å². The van der Waals surface area contributed by atoms with Gasteiger partial charge < -0.3 is 0 Å². The number of aromatic nitrogens is 1. The molecule has 19 heavy (non-hydrogen) atoms. The normalized spacial score (nSPS) is 11.3. The van der Waals surface area contributed by atoms with Crippen LogP contribution in [0.5, 0.6) is 0 Å². The Morgan fingerprint density at radius 2 is 1.58 bits per heavy atom. The number of benzene rings is 1. The molecule has 0 bridgehead atoms. The van der Waals surface area contributed by atoms with Gasteiger partial charge in [-0.15, -0.1) is 0 Å². The average molecular weight is 253 g/mol. The minimum absolute atomic E-state index is 0.130. The van der Waals surface area contributed by atoms with Crippen LogP contribution in [0.2, 0.25) is 0 Å². The Labute approximate surface area is 114 Å². The molecule has 98 valence electrons. The van der Waals surface area contributed by atoms with Crippen molar-refractivity contribution >= 4 is 5.78 Å². The Morgan fingerprint density at radius 3 is 2.11 bits per heavy atom. The zero-order chi connectivity index (χ0) is 13.9. The van der Waals surface area contributed by atoms with E-state index >= 15 is 0 Å². The molecule has 0 fully saturated rings. The van der Waals surface area contributed by atoms with E-state index in [-0.39, 0.29) is 11.2 Å². The highest BCUT2D eigenvalue weighted by Gasteiger charge is 2.13. The van der Waals surface area contributed by atoms with Crippen molar-refractivity contribution in [3.63, 3.8) is 0 Å². The summed E-state index contributed by atoms with van der Waals surface area (Å²) in [6.07, 6.45) is 3.74. The summed E-state index contributed by atoms with van der Waals surface area (Å²) in [5.74, 6) is 0.130. The van der Waals surface area contributed by atoms with Crippen LogP contribution in [-0.4, -0.2) is 10.8 Å². The molecule has 0 atom stereocenters. The molecule has 0 N–H and O–H groups in total. The fourth-order valence-corrected chi connectivity index (χ4v) is 1.95. The number of rotatable bonds is 3. The lowest BCUT2D eigenvalue weighted by atomic mass is 9.86. The summed E-state index contributed by atoms with van der Waals surface area (Å²) in [5.41, 5.74) is 3.20. The lowest BCUT2D eigenvalue weighted by Crippen LogP contribution is -2.11. The minimum Gasteiger partial charge on any atom is -0.294 e. The van der Waals surface area contributed by atoms with E-state index < -0.39 is 0 Å². The monoisotopic (exact) mass is 253 g/mol. The van der Waals surface area contributed by atoms with E-state index in [0.29, 0.717) is 6.42 Å². The van der Waals surface area contributed by atoms with Crippen molar-refractivity contribution in [3.8, 4) is 0 Å². The first-order chi connectivity index (χ1) is 8.97. The first-order valence-corrected chi connectivity index (χ1v) is 6.49. The third-order valence-electron chi connectivity index (χ3n) is 3.19. The number of Topliss-reactive ketones (excluding diaryl/α,β-unsaturated/α-hetero) is 1. The summed E-state index contributed by atoms with van der Waals surface area (Å²) in [6.45, 7) is 6.55. The molecular weight excluding hydrogens is 234 g/mol. The minimum atomic E-state index is 0.130. The number of carbonyl (C=O) groups excluding carboxylic acids is 1. The second-order valence-corrected chi connectivity index (χ2v) is 5.78. The number of ketones is 1. The SMILES string of the molecule is CC(C)(C)c1ccc(CC(=O)c2ccncc2)cc1. The van der Waals surface area contributed by atoms with E-state index in [1.807, 2.05) is 12.1 Å². The molecule has 0 saturated carbocycles. The van der Waals surface area contributed by atoms with E-state index in [4.69, 9.17) is 0 Å². The van der Waals surface area contributed by atoms with Crippen LogP contribution < -0.4 is 0 Å². The quantitative estimate of drug-likeness (QED) is 0.779. The molecule has 0 amide bonds. The molecule has 0 aliphatic rings. The maximum absolute atomic E-state index is 12.1. The number of nitrogens with zero attached hydrogens (tertiary/aromatic N) is 1. The topological polar surface area (TPSA) is 30.0 Å². The maximum atomic E-state index is 12.1. The van der Waals surface area contributed by atoms with Gasteiger partial charge in [0.15, 0.2) is 5.78 Å². The summed E-state index contributed by atoms with van der Waals surface area (Å²) in [6, 6.07) is 11.8. The highest BCUT2D eigenvalue weighted by atomic mass is 16.1. The zero-order valence-electron chi connectivity index (χ0n) is 11.7. The van der Waals surface area contributed by atoms with E-state index in [2.05, 4.69) is 37.9 Å². The van der Waals surface area contributed by atoms with E-state index in [1.165, 1.54) is 5.56 Å². The molecule has 2 rings (SSSR count). The first kappa shape index (κ1) is 13.5. The van der Waals surface area contributed by atoms with Crippen LogP contribution in [0.3, 0.4) is 0 Å². The lowest BCUT2D eigenvalue weighted by Gasteiger charge is -2.19. The molecule has 0 spiro atoms. The molecule has 2 aromatic rings. The summed E-state index contributed by atoms with van der Waals surface area (Å²) in [5, 5.41) is 0. The van der Waals surface area contributed by atoms with Gasteiger partial charge in [-0.05, 0) is 28.7 Å². The van der Waals surface area contributed by atoms with Gasteiger partial charge in [-0.25, -0.2) is 0 Å². The van der Waals surface area contributed by atoms with Crippen molar-refractivity contribution in [1.29, 1.82) is 0 Å². The fraction of sp³-hybridized carbons (Fsp3) is 0.294. The molecule has 0 saturated heterocycles. The van der Waals surface area contributed by atoms with Gasteiger partial charge in [0.1, 0.15) is 0 Å². The van der Waals surface area contributed by atoms with E-state index in [0.717, 1.165) is 11.1 Å². The predicted molar refractivity (Wildman–Crippen MR) is 77.4 cm³/mol. The third-order valence-corrected chi connectivity index (χ3v) is 3.19. The van der Waals surface area contributed by atoms with Crippen molar-refractivity contribution in [2.45, 2.75) is 32.6 Å². The molecule has 1 aromatic carbocycles. The van der Waals surface area contributed by atoms with Crippen LogP contribution in [0.4, 0.5) is 0 Å². The van der Waals surface area contributed by atoms with Gasteiger partial charge in [0.2, 0.25) is 0 Å². The number of carbonyl (C=O) groups is 1. The number of hydrogen-bond acceptors (Lipinski definition) is 2. The van der Waals surface area contributed by atoms with Gasteiger partial charge in [0, 0.05) is 24.4 Å². The van der Waals surface area contributed by atoms with Crippen molar-refractivity contribution < 1.29 is 4.79 Å². The second kappa shape index (κ2) is 5.35. The Morgan fingerprint density at radius 1 is 1.00 bits per heavy atom. The molecule has 0 aliphatic heterocycles. The fourth-order valence-electron chi connectivity index (χ4n) is 1.95. The zero-order valence-corrected chi connectivity index (χ0v) is 11.7. The second-order valence-electron chi connectivity index (χ2n) is 5.78. The standard InChI is InChI=1S/C17H19NO/c1-17(2,3)15-6-4-13(5-7-15)12-16(19)14-8-10-18-11-9-14/h4-11H,12H2,1-3H3. The summed E-state index contributed by atoms with van der Waals surface area (Å²) < 4.78 is 0. The highest BCUT2D eigenvalue weighted by Crippen LogP contribution is 2.22. The summed E-state index contributed by atoms with van der Waals surface area (Å²) >= 11 is 0. The van der Waals surface area contributed by atoms with Gasteiger partial charge in [-0.2, -0.15) is 0 Å². The molecule has 1 heterocycles. The van der Waals surface area contributed by atoms with Gasteiger partial charge in [0.05, 0.1) is 0 Å². The van der Waals surface area contributed by atoms with Crippen LogP contribution in [0.15, 0.2) is 48.8 Å². The van der Waals surface area contributed by atoms with Gasteiger partial charge in [-0.1, -0.05) is 45.0 Å². The number of pyridine rings is 1. The van der Waals surface area contributed by atoms with Crippen molar-refractivity contribution in [2.75, 3.05) is 0 Å². The van der Waals surface area contributed by atoms with Crippen LogP contribution in [0.1, 0.15) is 42.3 Å². The first-order valence-electron chi connectivity index (χ1n) is 6.49. The molecular formula is C17H19NO. The third kappa shape index (κ3) is 3.50. The predicted octanol–water partition coefficient (Wildman–Crippen LogP) is 3.80. The molecule has 0 radical (unpaired) electrons. The molecule has 2 heteroatoms. The summed E-state index contributed by atoms with van der Waals surface area (Å²) in [4.78, 5) is 16.0. The van der Waals surface area contributed by atoms with Gasteiger partial charge in [-0.3, -0.25) is 9.78 Å². The van der Waals surface area contributed by atoms with Gasteiger partial charge in [0.25, 0.3) is 0 Å². The molecule has 0 unspecified atom stereocenters. The van der Waals surface area contributed by atoms with Crippen molar-refractivity contribution in [1.82, 2.24) is 4.98 Å². The van der Waals surface area contributed by atoms with E-state index in [1.54, 1.807) is 24.5 Å². The van der Waals surface area contributed by atoms with Crippen LogP contribution in [0, 0.1) is 0 Å². The Hall–Kier alpha value is -1.96. The van der Waals surface area contributed by atoms with Crippen LogP contribution in [0.25, 0.3) is 0 Å². The van der Waals surface area contributed by atoms with Crippen LogP contribution in [-0.2, 0) is 11.8 Å². The smallest absolute Gasteiger partial charge is 0.167 e. The molecule has 2 nitrogen and oxygen atoms in total. The Balaban J connectivity index is 2.10. The Bertz CT molecular complexity index is 550. The highest BCUT2D eigenvalue weighted by molar-refractivity contribution is 5.97. The van der Waals surface area contributed by atoms with E-state index in [9.17, 15) is 4.79 Å². The molecule has 1 aromatic heterocycles. The van der Waals surface area contributed by atoms with Crippen molar-refractivity contribution in [2.24, 2.45) is 0 Å². The van der Waals surface area contributed by atoms with Gasteiger partial charge >= 0.3 is 0 Å². The maximum Gasteiger partial charge on any atom is 0.167 e. The largest absolute Gasteiger partial charge is 0.294 e. The lowest BCUT2D eigenvalue weighted by molar-refractivity contribution is 0.0993. The number of hydrogen-bond donors (Lipinski definition) is 0. The summed E-state index contributed by atoms with van der Waals surface area (Å²) in [7, 11) is 0. The molecule has 0 aliphatic carbocycles. The Kier molecular flexibility index (Phi) is 3.79. The van der Waals surface area contributed by atoms with Crippen molar-refractivity contribution in [3.05, 3.63) is 65.5 Å².